The summed E-state index contributed by atoms with van der Waals surface area (Å²) < 4.78 is 44.3. The van der Waals surface area contributed by atoms with E-state index in [0.29, 0.717) is 11.6 Å². The second-order valence-corrected chi connectivity index (χ2v) is 4.74. The number of ether oxygens (including phenoxy) is 1. The summed E-state index contributed by atoms with van der Waals surface area (Å²) >= 11 is 0. The smallest absolute Gasteiger partial charge is 0.340 e. The van der Waals surface area contributed by atoms with E-state index in [1.807, 2.05) is 0 Å². The van der Waals surface area contributed by atoms with Gasteiger partial charge in [0.15, 0.2) is 0 Å². The van der Waals surface area contributed by atoms with Crippen LogP contribution < -0.4 is 10.6 Å². The Hall–Kier alpha value is -3.03. The zero-order chi connectivity index (χ0) is 17.7. The molecule has 0 bridgehead atoms. The molecular weight excluding hydrogens is 325 g/mol. The zero-order valence-corrected chi connectivity index (χ0v) is 12.5. The summed E-state index contributed by atoms with van der Waals surface area (Å²) in [5, 5.41) is 4.59. The first-order chi connectivity index (χ1) is 11.4. The van der Waals surface area contributed by atoms with Crippen molar-refractivity contribution in [1.82, 2.24) is 5.32 Å². The first-order valence-electron chi connectivity index (χ1n) is 6.77. The van der Waals surface area contributed by atoms with Gasteiger partial charge in [0.05, 0.1) is 18.4 Å². The summed E-state index contributed by atoms with van der Waals surface area (Å²) in [6.45, 7) is 0.0682. The molecule has 2 aromatic carbocycles. The highest BCUT2D eigenvalue weighted by atomic mass is 19.1. The zero-order valence-electron chi connectivity index (χ0n) is 12.5. The predicted molar refractivity (Wildman–Crippen MR) is 80.0 cm³/mol. The second kappa shape index (κ2) is 7.49. The maximum Gasteiger partial charge on any atom is 0.340 e. The van der Waals surface area contributed by atoms with Gasteiger partial charge in [-0.05, 0) is 23.8 Å². The normalized spacial score (nSPS) is 10.2. The average molecular weight is 338 g/mol. The first-order valence-corrected chi connectivity index (χ1v) is 6.77. The van der Waals surface area contributed by atoms with Crippen LogP contribution in [0.1, 0.15) is 15.9 Å². The molecule has 0 radical (unpaired) electrons. The van der Waals surface area contributed by atoms with Crippen molar-refractivity contribution in [2.24, 2.45) is 0 Å². The number of carbonyl (C=O) groups excluding carboxylic acids is 2. The van der Waals surface area contributed by atoms with Crippen molar-refractivity contribution < 1.29 is 27.5 Å². The highest BCUT2D eigenvalue weighted by Gasteiger charge is 2.17. The molecule has 2 aromatic rings. The van der Waals surface area contributed by atoms with E-state index < -0.39 is 35.0 Å². The van der Waals surface area contributed by atoms with Gasteiger partial charge < -0.3 is 15.4 Å². The fourth-order valence-corrected chi connectivity index (χ4v) is 1.86. The topological polar surface area (TPSA) is 67.4 Å². The quantitative estimate of drug-likeness (QED) is 0.841. The minimum atomic E-state index is -1.10. The summed E-state index contributed by atoms with van der Waals surface area (Å²) in [5.41, 5.74) is -0.262. The molecule has 0 unspecified atom stereocenters. The summed E-state index contributed by atoms with van der Waals surface area (Å²) in [6, 6.07) is 5.96. The van der Waals surface area contributed by atoms with Crippen molar-refractivity contribution in [2.75, 3.05) is 12.4 Å². The molecule has 0 aliphatic rings. The van der Waals surface area contributed by atoms with Crippen LogP contribution in [0.25, 0.3) is 0 Å². The molecule has 2 rings (SSSR count). The van der Waals surface area contributed by atoms with Crippen molar-refractivity contribution >= 4 is 17.7 Å². The van der Waals surface area contributed by atoms with Gasteiger partial charge in [-0.25, -0.2) is 22.8 Å². The molecule has 0 saturated carbocycles. The molecule has 8 heteroatoms. The minimum absolute atomic E-state index is 0.0682. The van der Waals surface area contributed by atoms with Gasteiger partial charge in [0, 0.05) is 12.6 Å². The lowest BCUT2D eigenvalue weighted by Gasteiger charge is -2.10. The lowest BCUT2D eigenvalue weighted by atomic mass is 10.2. The van der Waals surface area contributed by atoms with Crippen molar-refractivity contribution in [3.8, 4) is 0 Å². The first kappa shape index (κ1) is 17.3. The van der Waals surface area contributed by atoms with Crippen LogP contribution in [-0.4, -0.2) is 19.1 Å². The fraction of sp³-hybridized carbons (Fsp3) is 0.125. The second-order valence-electron chi connectivity index (χ2n) is 4.74. The number of methoxy groups -OCH3 is 1. The number of amides is 2. The molecule has 0 aliphatic heterocycles. The minimum Gasteiger partial charge on any atom is -0.465 e. The number of benzene rings is 2. The predicted octanol–water partition coefficient (Wildman–Crippen LogP) is 3.21. The third-order valence-corrected chi connectivity index (χ3v) is 3.08. The monoisotopic (exact) mass is 338 g/mol. The third-order valence-electron chi connectivity index (χ3n) is 3.08. The molecule has 0 heterocycles. The van der Waals surface area contributed by atoms with Crippen LogP contribution in [0.4, 0.5) is 23.7 Å². The maximum atomic E-state index is 13.7. The largest absolute Gasteiger partial charge is 0.465 e. The molecular formula is C16H13F3N2O3. The Labute approximate surface area is 135 Å². The van der Waals surface area contributed by atoms with Gasteiger partial charge in [-0.15, -0.1) is 0 Å². The molecule has 0 saturated heterocycles. The molecule has 0 aliphatic carbocycles. The Kier molecular flexibility index (Phi) is 5.41. The highest BCUT2D eigenvalue weighted by molar-refractivity contribution is 5.94. The Balaban J connectivity index is 2.05. The standard InChI is InChI=1S/C16H13F3N2O3/c1-24-15(22)11-6-14(13(19)7-12(11)18)21-16(23)20-8-9-2-4-10(17)5-3-9/h2-7H,8H2,1H3,(H2,20,21,23). The molecule has 2 amide bonds. The number of nitrogens with one attached hydrogen (secondary N) is 2. The van der Waals surface area contributed by atoms with Gasteiger partial charge in [-0.2, -0.15) is 0 Å². The molecule has 2 N–H and O–H groups in total. The van der Waals surface area contributed by atoms with Gasteiger partial charge in [-0.1, -0.05) is 12.1 Å². The Bertz CT molecular complexity index is 764. The van der Waals surface area contributed by atoms with Crippen LogP contribution in [-0.2, 0) is 11.3 Å². The van der Waals surface area contributed by atoms with E-state index in [1.54, 1.807) is 0 Å². The Morgan fingerprint density at radius 1 is 1.04 bits per heavy atom. The summed E-state index contributed by atoms with van der Waals surface area (Å²) in [6.07, 6.45) is 0. The highest BCUT2D eigenvalue weighted by Crippen LogP contribution is 2.20. The van der Waals surface area contributed by atoms with Crippen LogP contribution in [0.15, 0.2) is 36.4 Å². The van der Waals surface area contributed by atoms with E-state index in [9.17, 15) is 22.8 Å². The molecule has 0 atom stereocenters. The van der Waals surface area contributed by atoms with E-state index in [1.165, 1.54) is 24.3 Å². The molecule has 126 valence electrons. The summed E-state index contributed by atoms with van der Waals surface area (Å²) in [4.78, 5) is 23.1. The number of halogens is 3. The third kappa shape index (κ3) is 4.25. The van der Waals surface area contributed by atoms with Crippen LogP contribution >= 0.6 is 0 Å². The van der Waals surface area contributed by atoms with Crippen LogP contribution in [0.5, 0.6) is 0 Å². The summed E-state index contributed by atoms with van der Waals surface area (Å²) in [5.74, 6) is -3.55. The van der Waals surface area contributed by atoms with E-state index in [2.05, 4.69) is 15.4 Å². The number of urea groups is 1. The number of carbonyl (C=O) groups is 2. The molecule has 0 spiro atoms. The lowest BCUT2D eigenvalue weighted by Crippen LogP contribution is -2.28. The Morgan fingerprint density at radius 2 is 1.71 bits per heavy atom. The van der Waals surface area contributed by atoms with Crippen LogP contribution in [0, 0.1) is 17.5 Å². The maximum absolute atomic E-state index is 13.7. The van der Waals surface area contributed by atoms with Crippen LogP contribution in [0.3, 0.4) is 0 Å². The van der Waals surface area contributed by atoms with E-state index in [4.69, 9.17) is 0 Å². The van der Waals surface area contributed by atoms with E-state index in [-0.39, 0.29) is 12.2 Å². The van der Waals surface area contributed by atoms with Crippen molar-refractivity contribution in [2.45, 2.75) is 6.54 Å². The van der Waals surface area contributed by atoms with Gasteiger partial charge in [-0.3, -0.25) is 0 Å². The van der Waals surface area contributed by atoms with E-state index in [0.717, 1.165) is 13.2 Å². The van der Waals surface area contributed by atoms with Crippen molar-refractivity contribution in [1.29, 1.82) is 0 Å². The van der Waals surface area contributed by atoms with Gasteiger partial charge >= 0.3 is 12.0 Å². The Morgan fingerprint density at radius 3 is 2.33 bits per heavy atom. The number of hydrogen-bond acceptors (Lipinski definition) is 3. The molecule has 0 fully saturated rings. The number of anilines is 1. The molecule has 24 heavy (non-hydrogen) atoms. The SMILES string of the molecule is COC(=O)c1cc(NC(=O)NCc2ccc(F)cc2)c(F)cc1F. The lowest BCUT2D eigenvalue weighted by molar-refractivity contribution is 0.0595. The number of esters is 1. The van der Waals surface area contributed by atoms with Gasteiger partial charge in [0.25, 0.3) is 0 Å². The average Bonchev–Trinajstić information content (AvgIpc) is 2.56. The van der Waals surface area contributed by atoms with Gasteiger partial charge in [0.2, 0.25) is 0 Å². The summed E-state index contributed by atoms with van der Waals surface area (Å²) in [7, 11) is 1.05. The number of rotatable bonds is 4. The molecule has 5 nitrogen and oxygen atoms in total. The number of hydrogen-bond donors (Lipinski definition) is 2. The van der Waals surface area contributed by atoms with E-state index >= 15 is 0 Å². The fourth-order valence-electron chi connectivity index (χ4n) is 1.86. The van der Waals surface area contributed by atoms with Crippen LogP contribution in [0.2, 0.25) is 0 Å². The van der Waals surface area contributed by atoms with Gasteiger partial charge in [0.1, 0.15) is 17.5 Å². The molecule has 0 aromatic heterocycles. The van der Waals surface area contributed by atoms with Crippen molar-refractivity contribution in [3.63, 3.8) is 0 Å². The van der Waals surface area contributed by atoms with Crippen molar-refractivity contribution in [3.05, 3.63) is 65.0 Å².